The van der Waals surface area contributed by atoms with Gasteiger partial charge in [0, 0.05) is 0 Å². The van der Waals surface area contributed by atoms with Gasteiger partial charge in [-0.1, -0.05) is 307 Å². The fraction of sp³-hybridized carbons (Fsp3) is 0.400. The van der Waals surface area contributed by atoms with Crippen molar-refractivity contribution in [1.82, 2.24) is 0 Å². The molecule has 6 aromatic rings. The summed E-state index contributed by atoms with van der Waals surface area (Å²) in [6.07, 6.45) is 0. The van der Waals surface area contributed by atoms with E-state index < -0.39 is 16.7 Å². The summed E-state index contributed by atoms with van der Waals surface area (Å²) in [4.78, 5) is 0. The van der Waals surface area contributed by atoms with E-state index >= 15 is 0 Å². The Hall–Kier alpha value is -4.24. The molecule has 0 heterocycles. The van der Waals surface area contributed by atoms with Gasteiger partial charge < -0.3 is 31.9 Å². The van der Waals surface area contributed by atoms with Crippen LogP contribution in [0.1, 0.15) is 125 Å². The molecule has 10 nitrogen and oxygen atoms in total. The number of rotatable bonds is 6. The average molecular weight is 1150 g/mol. The molecule has 6 aromatic carbocycles. The first-order valence-electron chi connectivity index (χ1n) is 23.8. The zero-order chi connectivity index (χ0) is 54.4. The Morgan fingerprint density at radius 2 is 0.329 bits per heavy atom. The van der Waals surface area contributed by atoms with Gasteiger partial charge in [-0.3, -0.25) is 0 Å². The van der Waals surface area contributed by atoms with E-state index in [0.717, 1.165) is 34.1 Å². The first-order valence-corrected chi connectivity index (χ1v) is 27.3. The Labute approximate surface area is 476 Å². The predicted octanol–water partition coefficient (Wildman–Crippen LogP) is 19.6. The minimum absolute atomic E-state index is 0. The van der Waals surface area contributed by atoms with Crippen LogP contribution in [0.3, 0.4) is 0 Å². The molecule has 2 N–H and O–H groups in total. The second kappa shape index (κ2) is 35.9. The van der Waals surface area contributed by atoms with Crippen molar-refractivity contribution in [3.05, 3.63) is 214 Å². The van der Waals surface area contributed by atoms with Crippen LogP contribution in [0.5, 0.6) is 0 Å². The van der Waals surface area contributed by atoms with Crippen molar-refractivity contribution in [2.75, 3.05) is 0 Å². The van der Waals surface area contributed by atoms with E-state index in [1.54, 1.807) is 0 Å². The second-order valence-corrected chi connectivity index (χ2v) is 24.4. The molecule has 2 radical (unpaired) electrons. The Bertz CT molecular complexity index is 1920. The molecular formula is C60H86MoN6O4Ti2. The van der Waals surface area contributed by atoms with Crippen molar-refractivity contribution in [2.45, 2.75) is 158 Å². The van der Waals surface area contributed by atoms with Gasteiger partial charge in [-0.05, 0) is 0 Å². The van der Waals surface area contributed by atoms with Gasteiger partial charge in [0.2, 0.25) is 0 Å². The van der Waals surface area contributed by atoms with Crippen molar-refractivity contribution < 1.29 is 74.5 Å². The van der Waals surface area contributed by atoms with E-state index in [0.29, 0.717) is 0 Å². The van der Waals surface area contributed by atoms with E-state index in [4.69, 9.17) is 14.3 Å². The van der Waals surface area contributed by atoms with Gasteiger partial charge in [-0.15, -0.1) is 67.4 Å². The van der Waals surface area contributed by atoms with Crippen molar-refractivity contribution in [1.29, 1.82) is 0 Å². The average Bonchev–Trinajstić information content (AvgIpc) is 3.20. The number of benzene rings is 6. The summed E-state index contributed by atoms with van der Waals surface area (Å²) in [6.45, 7) is 37.7. The molecule has 0 saturated carbocycles. The fourth-order valence-electron chi connectivity index (χ4n) is 5.34. The summed E-state index contributed by atoms with van der Waals surface area (Å²) < 4.78 is 32.0. The fourth-order valence-corrected chi connectivity index (χ4v) is 5.34. The standard InChI is InChI=1S/6C10H14N.Mo.2H2O.2O.2Ti/c6*1-10(2,3)11-9-7-5-4-6-8-9;;;;;;;/h6*4-8H,1-3H3;;2*1H2;;;;/q6*-1;+2;;;;;2*+3/p-2. The Morgan fingerprint density at radius 3 is 0.397 bits per heavy atom. The van der Waals surface area contributed by atoms with Crippen LogP contribution in [0.2, 0.25) is 0 Å². The van der Waals surface area contributed by atoms with Crippen LogP contribution in [-0.2, 0) is 67.0 Å². The summed E-state index contributed by atoms with van der Waals surface area (Å²) in [5.41, 5.74) is 6.51. The number of para-hydroxylation sites is 6. The minimum atomic E-state index is -5.52. The Morgan fingerprint density at radius 1 is 0.247 bits per heavy atom. The van der Waals surface area contributed by atoms with Crippen molar-refractivity contribution in [2.24, 2.45) is 0 Å². The normalized spacial score (nSPS) is 10.9. The molecule has 0 atom stereocenters. The minimum Gasteiger partial charge on any atom is 3.00 e. The number of hydrogen-bond acceptors (Lipinski definition) is 2. The summed E-state index contributed by atoms with van der Waals surface area (Å²) in [5.74, 6) is 0. The van der Waals surface area contributed by atoms with Crippen molar-refractivity contribution in [3.63, 3.8) is 0 Å². The van der Waals surface area contributed by atoms with Crippen LogP contribution in [0, 0.1) is 0 Å². The molecule has 394 valence electrons. The Balaban J connectivity index is -0.000000786. The maximum atomic E-state index is 8.85. The third kappa shape index (κ3) is 53.9. The van der Waals surface area contributed by atoms with Gasteiger partial charge in [0.25, 0.3) is 0 Å². The van der Waals surface area contributed by atoms with Gasteiger partial charge in [-0.2, -0.15) is 0 Å². The monoisotopic (exact) mass is 1150 g/mol. The topological polar surface area (TPSA) is 159 Å². The molecule has 0 saturated heterocycles. The van der Waals surface area contributed by atoms with E-state index in [2.05, 4.69) is 157 Å². The van der Waals surface area contributed by atoms with Crippen LogP contribution < -0.4 is 0 Å². The zero-order valence-electron chi connectivity index (χ0n) is 47.1. The number of hydrogen-bond donors (Lipinski definition) is 2. The number of nitrogens with zero attached hydrogens (tertiary/aromatic N) is 6. The molecule has 13 heteroatoms. The van der Waals surface area contributed by atoms with E-state index in [9.17, 15) is 0 Å². The van der Waals surface area contributed by atoms with Crippen molar-refractivity contribution >= 4 is 34.1 Å². The quantitative estimate of drug-likeness (QED) is 0.159. The SMILES string of the molecule is CC(C)(C)[N-]c1ccccc1.CC(C)(C)[N-]c1ccccc1.CC(C)(C)[N-]c1ccccc1.CC(C)(C)[N-]c1ccccc1.CC(C)(C)[N-]c1ccccc1.CC(C)(C)[N-]c1ccccc1.[O]=[Mo](=[O])([OH])[OH].[Ti+3].[Ti+3]. The maximum absolute atomic E-state index is 8.85. The molecule has 0 aliphatic rings. The predicted molar refractivity (Wildman–Crippen MR) is 301 cm³/mol. The molecular weight excluding hydrogens is 1060 g/mol. The molecule has 0 spiro atoms. The molecule has 0 fully saturated rings. The molecule has 0 amide bonds. The van der Waals surface area contributed by atoms with Gasteiger partial charge in [-0.25, -0.2) is 0 Å². The van der Waals surface area contributed by atoms with Gasteiger partial charge in [0.1, 0.15) is 0 Å². The van der Waals surface area contributed by atoms with Gasteiger partial charge >= 0.3 is 74.5 Å². The van der Waals surface area contributed by atoms with Crippen LogP contribution in [0.15, 0.2) is 182 Å². The Kier molecular flexibility index (Phi) is 35.9. The third-order valence-electron chi connectivity index (χ3n) is 7.32. The van der Waals surface area contributed by atoms with Crippen LogP contribution >= 0.6 is 0 Å². The van der Waals surface area contributed by atoms with Crippen LogP contribution in [-0.4, -0.2) is 40.8 Å². The summed E-state index contributed by atoms with van der Waals surface area (Å²) in [7, 11) is 0. The molecule has 73 heavy (non-hydrogen) atoms. The smallest absolute Gasteiger partial charge is 3.00 e. The molecule has 0 aliphatic carbocycles. The summed E-state index contributed by atoms with van der Waals surface area (Å²) in [6, 6.07) is 60.3. The maximum Gasteiger partial charge on any atom is 3.00 e. The van der Waals surface area contributed by atoms with Crippen LogP contribution in [0.25, 0.3) is 31.9 Å². The molecule has 0 unspecified atom stereocenters. The molecule has 0 aromatic heterocycles. The largest absolute Gasteiger partial charge is 3.00 e. The zero-order valence-corrected chi connectivity index (χ0v) is 52.3. The van der Waals surface area contributed by atoms with Crippen LogP contribution in [0.4, 0.5) is 34.1 Å². The van der Waals surface area contributed by atoms with Gasteiger partial charge in [0.05, 0.1) is 0 Å². The molecule has 0 bridgehead atoms. The van der Waals surface area contributed by atoms with Gasteiger partial charge in [0.15, 0.2) is 0 Å². The first-order chi connectivity index (χ1) is 32.5. The van der Waals surface area contributed by atoms with Crippen molar-refractivity contribution in [3.8, 4) is 0 Å². The summed E-state index contributed by atoms with van der Waals surface area (Å²) >= 11 is -5.52. The first kappa shape index (κ1) is 73.0. The van der Waals surface area contributed by atoms with E-state index in [1.165, 1.54) is 0 Å². The molecule has 6 rings (SSSR count). The molecule has 0 aliphatic heterocycles. The summed E-state index contributed by atoms with van der Waals surface area (Å²) in [5, 5.41) is 26.9. The van der Waals surface area contributed by atoms with E-state index in [-0.39, 0.29) is 76.7 Å². The van der Waals surface area contributed by atoms with E-state index in [1.807, 2.05) is 182 Å². The second-order valence-electron chi connectivity index (χ2n) is 22.2. The third-order valence-corrected chi connectivity index (χ3v) is 7.32.